The summed E-state index contributed by atoms with van der Waals surface area (Å²) in [6.45, 7) is 5.49. The third-order valence-electron chi connectivity index (χ3n) is 4.73. The predicted octanol–water partition coefficient (Wildman–Crippen LogP) is 5.26. The minimum absolute atomic E-state index is 0.00523. The molecule has 0 aliphatic carbocycles. The van der Waals surface area contributed by atoms with E-state index in [4.69, 9.17) is 4.74 Å². The average Bonchev–Trinajstić information content (AvgIpc) is 3.16. The minimum atomic E-state index is -0.426. The zero-order valence-electron chi connectivity index (χ0n) is 17.1. The smallest absolute Gasteiger partial charge is 0.306 e. The van der Waals surface area contributed by atoms with Crippen LogP contribution in [0.2, 0.25) is 0 Å². The summed E-state index contributed by atoms with van der Waals surface area (Å²) in [6.07, 6.45) is 0.360. The highest BCUT2D eigenvalue weighted by Gasteiger charge is 2.19. The Labute approximate surface area is 179 Å². The maximum atomic E-state index is 13.6. The number of nitrogens with zero attached hydrogens (tertiary/aromatic N) is 2. The molecule has 3 rings (SSSR count). The standard InChI is InChI=1S/C23H23FN2O3S/c1-15-8-10-20(12-16(15)2)26(17(3)27)23-25-19(14-30-23)13-29-22(28)11-9-18-6-4-5-7-21(18)24/h4-8,10,12,14H,9,11,13H2,1-3H3. The highest BCUT2D eigenvalue weighted by Crippen LogP contribution is 2.30. The molecule has 0 aliphatic heterocycles. The lowest BCUT2D eigenvalue weighted by Gasteiger charge is -2.19. The van der Waals surface area contributed by atoms with Gasteiger partial charge in [-0.05, 0) is 55.2 Å². The van der Waals surface area contributed by atoms with Crippen molar-refractivity contribution >= 4 is 34.0 Å². The molecular formula is C23H23FN2O3S. The molecule has 3 aromatic rings. The number of hydrogen-bond donors (Lipinski definition) is 0. The third kappa shape index (κ3) is 5.30. The zero-order chi connectivity index (χ0) is 21.7. The van der Waals surface area contributed by atoms with Gasteiger partial charge in [0.1, 0.15) is 12.4 Å². The molecule has 0 saturated heterocycles. The molecule has 0 atom stereocenters. The van der Waals surface area contributed by atoms with Crippen LogP contribution in [-0.4, -0.2) is 16.9 Å². The minimum Gasteiger partial charge on any atom is -0.459 e. The van der Waals surface area contributed by atoms with Crippen LogP contribution in [0.5, 0.6) is 0 Å². The quantitative estimate of drug-likeness (QED) is 0.484. The van der Waals surface area contributed by atoms with Crippen molar-refractivity contribution in [1.82, 2.24) is 4.98 Å². The number of anilines is 2. The van der Waals surface area contributed by atoms with Gasteiger partial charge in [0, 0.05) is 18.7 Å². The lowest BCUT2D eigenvalue weighted by molar-refractivity contribution is -0.145. The number of rotatable bonds is 7. The lowest BCUT2D eigenvalue weighted by atomic mass is 10.1. The Morgan fingerprint density at radius 2 is 1.90 bits per heavy atom. The monoisotopic (exact) mass is 426 g/mol. The van der Waals surface area contributed by atoms with Gasteiger partial charge in [-0.1, -0.05) is 24.3 Å². The zero-order valence-corrected chi connectivity index (χ0v) is 18.0. The average molecular weight is 427 g/mol. The molecule has 1 heterocycles. The first-order chi connectivity index (χ1) is 14.3. The number of aryl methyl sites for hydroxylation is 3. The second-order valence-electron chi connectivity index (χ2n) is 7.00. The van der Waals surface area contributed by atoms with Gasteiger partial charge in [-0.25, -0.2) is 9.37 Å². The predicted molar refractivity (Wildman–Crippen MR) is 115 cm³/mol. The molecule has 156 valence electrons. The first-order valence-corrected chi connectivity index (χ1v) is 10.4. The third-order valence-corrected chi connectivity index (χ3v) is 5.61. The van der Waals surface area contributed by atoms with Crippen LogP contribution in [0.4, 0.5) is 15.2 Å². The maximum absolute atomic E-state index is 13.6. The van der Waals surface area contributed by atoms with E-state index in [1.807, 2.05) is 32.0 Å². The molecule has 0 saturated carbocycles. The number of aromatic nitrogens is 1. The first kappa shape index (κ1) is 21.6. The second-order valence-corrected chi connectivity index (χ2v) is 7.83. The van der Waals surface area contributed by atoms with Crippen LogP contribution in [0.15, 0.2) is 47.8 Å². The summed E-state index contributed by atoms with van der Waals surface area (Å²) >= 11 is 1.31. The molecule has 1 amide bonds. The Balaban J connectivity index is 1.62. The molecule has 0 spiro atoms. The number of carbonyl (C=O) groups is 2. The summed E-state index contributed by atoms with van der Waals surface area (Å²) in [7, 11) is 0. The number of thiazole rings is 1. The van der Waals surface area contributed by atoms with Gasteiger partial charge < -0.3 is 4.74 Å². The van der Waals surface area contributed by atoms with Crippen LogP contribution >= 0.6 is 11.3 Å². The topological polar surface area (TPSA) is 59.5 Å². The van der Waals surface area contributed by atoms with Gasteiger partial charge >= 0.3 is 5.97 Å². The van der Waals surface area contributed by atoms with E-state index in [-0.39, 0.29) is 31.2 Å². The van der Waals surface area contributed by atoms with Gasteiger partial charge in [0.15, 0.2) is 5.13 Å². The summed E-state index contributed by atoms with van der Waals surface area (Å²) < 4.78 is 18.9. The number of esters is 1. The Hall–Kier alpha value is -3.06. The molecule has 0 radical (unpaired) electrons. The Bertz CT molecular complexity index is 1060. The number of carbonyl (C=O) groups excluding carboxylic acids is 2. The Kier molecular flexibility index (Phi) is 6.95. The van der Waals surface area contributed by atoms with E-state index in [1.165, 1.54) is 24.3 Å². The van der Waals surface area contributed by atoms with Gasteiger partial charge in [-0.3, -0.25) is 14.5 Å². The van der Waals surface area contributed by atoms with E-state index < -0.39 is 5.97 Å². The molecule has 0 unspecified atom stereocenters. The lowest BCUT2D eigenvalue weighted by Crippen LogP contribution is -2.22. The van der Waals surface area contributed by atoms with Crippen LogP contribution in [0.1, 0.15) is 35.7 Å². The van der Waals surface area contributed by atoms with Crippen LogP contribution in [0.3, 0.4) is 0 Å². The van der Waals surface area contributed by atoms with Crippen molar-refractivity contribution in [3.05, 3.63) is 76.0 Å². The summed E-state index contributed by atoms with van der Waals surface area (Å²) in [6, 6.07) is 12.2. The SMILES string of the molecule is CC(=O)N(c1ccc(C)c(C)c1)c1nc(COC(=O)CCc2ccccc2F)cs1. The fraction of sp³-hybridized carbons (Fsp3) is 0.261. The van der Waals surface area contributed by atoms with E-state index in [1.54, 1.807) is 28.5 Å². The highest BCUT2D eigenvalue weighted by molar-refractivity contribution is 7.14. The van der Waals surface area contributed by atoms with Crippen molar-refractivity contribution < 1.29 is 18.7 Å². The van der Waals surface area contributed by atoms with Gasteiger partial charge in [0.25, 0.3) is 0 Å². The van der Waals surface area contributed by atoms with Crippen molar-refractivity contribution in [3.8, 4) is 0 Å². The van der Waals surface area contributed by atoms with Crippen LogP contribution < -0.4 is 4.90 Å². The molecule has 2 aromatic carbocycles. The Morgan fingerprint density at radius 1 is 1.13 bits per heavy atom. The molecule has 7 heteroatoms. The molecule has 0 aliphatic rings. The number of halogens is 1. The maximum Gasteiger partial charge on any atom is 0.306 e. The van der Waals surface area contributed by atoms with Gasteiger partial charge in [0.2, 0.25) is 5.91 Å². The van der Waals surface area contributed by atoms with Crippen molar-refractivity contribution in [2.45, 2.75) is 40.2 Å². The molecular weight excluding hydrogens is 403 g/mol. The number of ether oxygens (including phenoxy) is 1. The van der Waals surface area contributed by atoms with Crippen LogP contribution in [0.25, 0.3) is 0 Å². The molecule has 5 nitrogen and oxygen atoms in total. The summed E-state index contributed by atoms with van der Waals surface area (Å²) in [5, 5.41) is 2.28. The van der Waals surface area contributed by atoms with Gasteiger partial charge in [0.05, 0.1) is 11.4 Å². The summed E-state index contributed by atoms with van der Waals surface area (Å²) in [5.41, 5.74) is 4.01. The summed E-state index contributed by atoms with van der Waals surface area (Å²) in [4.78, 5) is 30.2. The van der Waals surface area contributed by atoms with Crippen LogP contribution in [0, 0.1) is 19.7 Å². The number of benzene rings is 2. The molecule has 1 aromatic heterocycles. The van der Waals surface area contributed by atoms with E-state index in [9.17, 15) is 14.0 Å². The van der Waals surface area contributed by atoms with Crippen LogP contribution in [-0.2, 0) is 27.4 Å². The first-order valence-electron chi connectivity index (χ1n) is 9.56. The molecule has 30 heavy (non-hydrogen) atoms. The second kappa shape index (κ2) is 9.63. The molecule has 0 N–H and O–H groups in total. The summed E-state index contributed by atoms with van der Waals surface area (Å²) in [5.74, 6) is -0.906. The molecule has 0 fully saturated rings. The van der Waals surface area contributed by atoms with E-state index >= 15 is 0 Å². The van der Waals surface area contributed by atoms with Crippen molar-refractivity contribution in [2.75, 3.05) is 4.90 Å². The van der Waals surface area contributed by atoms with Gasteiger partial charge in [-0.2, -0.15) is 0 Å². The van der Waals surface area contributed by atoms with E-state index in [2.05, 4.69) is 4.98 Å². The van der Waals surface area contributed by atoms with E-state index in [0.29, 0.717) is 16.4 Å². The van der Waals surface area contributed by atoms with Crippen molar-refractivity contribution in [2.24, 2.45) is 0 Å². The van der Waals surface area contributed by atoms with Crippen molar-refractivity contribution in [3.63, 3.8) is 0 Å². The van der Waals surface area contributed by atoms with E-state index in [0.717, 1.165) is 16.8 Å². The molecule has 0 bridgehead atoms. The fourth-order valence-corrected chi connectivity index (χ4v) is 3.79. The Morgan fingerprint density at radius 3 is 2.60 bits per heavy atom. The highest BCUT2D eigenvalue weighted by atomic mass is 32.1. The normalized spacial score (nSPS) is 10.7. The fourth-order valence-electron chi connectivity index (χ4n) is 2.92. The number of hydrogen-bond acceptors (Lipinski definition) is 5. The largest absolute Gasteiger partial charge is 0.459 e. The van der Waals surface area contributed by atoms with Crippen molar-refractivity contribution in [1.29, 1.82) is 0 Å². The number of amides is 1. The van der Waals surface area contributed by atoms with Gasteiger partial charge in [-0.15, -0.1) is 11.3 Å².